The van der Waals surface area contributed by atoms with Crippen molar-refractivity contribution in [1.29, 1.82) is 0 Å². The van der Waals surface area contributed by atoms with Crippen molar-refractivity contribution in [2.75, 3.05) is 0 Å². The summed E-state index contributed by atoms with van der Waals surface area (Å²) in [5.41, 5.74) is -0.783. The van der Waals surface area contributed by atoms with E-state index in [-0.39, 0.29) is 11.2 Å². The topological polar surface area (TPSA) is 37.3 Å². The lowest BCUT2D eigenvalue weighted by atomic mass is 9.43. The quantitative estimate of drug-likeness (QED) is 0.549. The van der Waals surface area contributed by atoms with Crippen LogP contribution in [0.4, 0.5) is 0 Å². The van der Waals surface area contributed by atoms with Gasteiger partial charge in [-0.15, -0.1) is 0 Å². The van der Waals surface area contributed by atoms with Gasteiger partial charge >= 0.3 is 0 Å². The molecule has 2 nitrogen and oxygen atoms in total. The highest BCUT2D eigenvalue weighted by atomic mass is 16.3. The third-order valence-corrected chi connectivity index (χ3v) is 10.8. The van der Waals surface area contributed by atoms with Crippen LogP contribution in [0, 0.1) is 46.3 Å². The van der Waals surface area contributed by atoms with Crippen LogP contribution in [0.1, 0.15) is 112 Å². The number of carbonyl (C=O) groups is 1. The molecule has 4 rings (SSSR count). The summed E-state index contributed by atoms with van der Waals surface area (Å²) >= 11 is 0. The van der Waals surface area contributed by atoms with Crippen LogP contribution in [0.5, 0.6) is 0 Å². The molecule has 0 aromatic carbocycles. The van der Waals surface area contributed by atoms with E-state index in [0.717, 1.165) is 30.6 Å². The van der Waals surface area contributed by atoms with Gasteiger partial charge in [-0.2, -0.15) is 0 Å². The molecule has 166 valence electrons. The molecule has 0 amide bonds. The molecule has 0 radical (unpaired) electrons. The van der Waals surface area contributed by atoms with Crippen molar-refractivity contribution in [2.45, 2.75) is 117 Å². The Morgan fingerprint density at radius 2 is 1.69 bits per heavy atom. The molecule has 4 aliphatic carbocycles. The normalized spacial score (nSPS) is 48.2. The predicted octanol–water partition coefficient (Wildman–Crippen LogP) is 6.79. The molecule has 4 fully saturated rings. The average Bonchev–Trinajstić information content (AvgIpc) is 3.01. The van der Waals surface area contributed by atoms with E-state index in [1.807, 2.05) is 0 Å². The molecular weight excluding hydrogens is 356 g/mol. The highest BCUT2D eigenvalue weighted by molar-refractivity contribution is 5.89. The molecule has 0 heterocycles. The van der Waals surface area contributed by atoms with Crippen molar-refractivity contribution in [3.05, 3.63) is 0 Å². The Morgan fingerprint density at radius 1 is 0.966 bits per heavy atom. The summed E-state index contributed by atoms with van der Waals surface area (Å²) in [6.07, 6.45) is 14.0. The Hall–Kier alpha value is -0.370. The number of aliphatic hydroxyl groups is 1. The zero-order valence-corrected chi connectivity index (χ0v) is 19.8. The van der Waals surface area contributed by atoms with Crippen LogP contribution >= 0.6 is 0 Å². The first-order valence-corrected chi connectivity index (χ1v) is 12.9. The van der Waals surface area contributed by atoms with Gasteiger partial charge < -0.3 is 5.11 Å². The molecule has 0 aromatic rings. The van der Waals surface area contributed by atoms with E-state index in [1.165, 1.54) is 51.4 Å². The minimum atomic E-state index is -1.03. The van der Waals surface area contributed by atoms with Crippen LogP contribution in [0.2, 0.25) is 0 Å². The van der Waals surface area contributed by atoms with Gasteiger partial charge in [-0.05, 0) is 79.4 Å². The van der Waals surface area contributed by atoms with Crippen LogP contribution in [0.15, 0.2) is 0 Å². The summed E-state index contributed by atoms with van der Waals surface area (Å²) in [7, 11) is 0. The number of ketones is 1. The average molecular weight is 403 g/mol. The van der Waals surface area contributed by atoms with Crippen LogP contribution < -0.4 is 0 Å². The van der Waals surface area contributed by atoms with Gasteiger partial charge in [0.05, 0.1) is 0 Å². The number of fused-ring (bicyclic) bond motifs is 5. The molecule has 29 heavy (non-hydrogen) atoms. The zero-order chi connectivity index (χ0) is 21.0. The third kappa shape index (κ3) is 3.26. The van der Waals surface area contributed by atoms with E-state index in [9.17, 15) is 9.90 Å². The second-order valence-corrected chi connectivity index (χ2v) is 12.5. The summed E-state index contributed by atoms with van der Waals surface area (Å²) in [6.45, 7) is 12.1. The Labute approximate surface area is 179 Å². The fourth-order valence-corrected chi connectivity index (χ4v) is 9.09. The fourth-order valence-electron chi connectivity index (χ4n) is 9.09. The Bertz CT molecular complexity index is 626. The van der Waals surface area contributed by atoms with Crippen molar-refractivity contribution in [2.24, 2.45) is 46.3 Å². The van der Waals surface area contributed by atoms with Crippen molar-refractivity contribution in [3.63, 3.8) is 0 Å². The van der Waals surface area contributed by atoms with Gasteiger partial charge in [-0.3, -0.25) is 4.79 Å². The molecule has 0 unspecified atom stereocenters. The lowest BCUT2D eigenvalue weighted by Gasteiger charge is -2.62. The minimum Gasteiger partial charge on any atom is -0.381 e. The molecule has 1 N–H and O–H groups in total. The van der Waals surface area contributed by atoms with Crippen molar-refractivity contribution in [1.82, 2.24) is 0 Å². The summed E-state index contributed by atoms with van der Waals surface area (Å²) in [5, 5.41) is 11.5. The van der Waals surface area contributed by atoms with E-state index in [2.05, 4.69) is 34.6 Å². The molecule has 4 aliphatic rings. The smallest absolute Gasteiger partial charge is 0.165 e. The number of carbonyl (C=O) groups excluding carboxylic acids is 1. The SMILES string of the molecule is CC(C)CCC[C@H](C)[C@H]1CC[C@@H]2[C@H]3CC(=O)[C@@]4(O)CCCC[C@]4(C)[C@H]3CC[C@@]21C. The summed E-state index contributed by atoms with van der Waals surface area (Å²) in [5.74, 6) is 4.42. The maximum absolute atomic E-state index is 13.3. The van der Waals surface area contributed by atoms with Crippen LogP contribution in [-0.4, -0.2) is 16.5 Å². The van der Waals surface area contributed by atoms with E-state index in [0.29, 0.717) is 36.0 Å². The highest BCUT2D eigenvalue weighted by Crippen LogP contribution is 2.68. The van der Waals surface area contributed by atoms with E-state index >= 15 is 0 Å². The molecule has 4 saturated carbocycles. The lowest BCUT2D eigenvalue weighted by molar-refractivity contribution is -0.203. The molecule has 8 atom stereocenters. The first-order valence-electron chi connectivity index (χ1n) is 12.9. The van der Waals surface area contributed by atoms with E-state index in [4.69, 9.17) is 0 Å². The monoisotopic (exact) mass is 402 g/mol. The highest BCUT2D eigenvalue weighted by Gasteiger charge is 2.66. The summed E-state index contributed by atoms with van der Waals surface area (Å²) in [6, 6.07) is 0. The van der Waals surface area contributed by atoms with E-state index in [1.54, 1.807) is 0 Å². The zero-order valence-electron chi connectivity index (χ0n) is 19.8. The number of rotatable bonds is 5. The predicted molar refractivity (Wildman–Crippen MR) is 120 cm³/mol. The number of hydrogen-bond donors (Lipinski definition) is 1. The van der Waals surface area contributed by atoms with Gasteiger partial charge in [-0.1, -0.05) is 66.7 Å². The van der Waals surface area contributed by atoms with Crippen LogP contribution in [-0.2, 0) is 4.79 Å². The Kier molecular flexibility index (Phi) is 5.76. The van der Waals surface area contributed by atoms with Crippen LogP contribution in [0.3, 0.4) is 0 Å². The largest absolute Gasteiger partial charge is 0.381 e. The molecule has 0 aromatic heterocycles. The summed E-state index contributed by atoms with van der Waals surface area (Å²) < 4.78 is 0. The third-order valence-electron chi connectivity index (χ3n) is 10.8. The number of hydrogen-bond acceptors (Lipinski definition) is 2. The summed E-state index contributed by atoms with van der Waals surface area (Å²) in [4.78, 5) is 13.3. The molecule has 0 saturated heterocycles. The van der Waals surface area contributed by atoms with Gasteiger partial charge in [0.2, 0.25) is 0 Å². The van der Waals surface area contributed by atoms with E-state index < -0.39 is 5.60 Å². The lowest BCUT2D eigenvalue weighted by Crippen LogP contribution is -2.65. The van der Waals surface area contributed by atoms with Gasteiger partial charge in [-0.25, -0.2) is 0 Å². The van der Waals surface area contributed by atoms with Crippen molar-refractivity contribution in [3.8, 4) is 0 Å². The Morgan fingerprint density at radius 3 is 2.41 bits per heavy atom. The first kappa shape index (κ1) is 21.8. The van der Waals surface area contributed by atoms with Crippen molar-refractivity contribution >= 4 is 5.78 Å². The Balaban J connectivity index is 1.53. The van der Waals surface area contributed by atoms with Gasteiger partial charge in [0.25, 0.3) is 0 Å². The maximum atomic E-state index is 13.3. The van der Waals surface area contributed by atoms with Crippen molar-refractivity contribution < 1.29 is 9.90 Å². The first-order chi connectivity index (χ1) is 13.6. The number of Topliss-reactive ketones (excluding diaryl/α,β-unsaturated/α-hetero) is 1. The standard InChI is InChI=1S/C27H46O2/c1-18(2)9-8-10-19(3)21-11-12-22-20-17-24(28)27(29)15-7-6-14-26(27,5)23(20)13-16-25(21,22)4/h18-23,29H,6-17H2,1-5H3/t19-,20+,21+,22+,23-,25+,26+,27-/m0/s1. The molecule has 0 bridgehead atoms. The second-order valence-electron chi connectivity index (χ2n) is 12.5. The second kappa shape index (κ2) is 7.64. The minimum absolute atomic E-state index is 0.173. The van der Waals surface area contributed by atoms with Gasteiger partial charge in [0, 0.05) is 11.8 Å². The molecule has 0 aliphatic heterocycles. The molecule has 0 spiro atoms. The van der Waals surface area contributed by atoms with Crippen LogP contribution in [0.25, 0.3) is 0 Å². The van der Waals surface area contributed by atoms with Gasteiger partial charge in [0.1, 0.15) is 5.60 Å². The van der Waals surface area contributed by atoms with Gasteiger partial charge in [0.15, 0.2) is 5.78 Å². The molecule has 2 heteroatoms. The maximum Gasteiger partial charge on any atom is 0.165 e. The fraction of sp³-hybridized carbons (Fsp3) is 0.963. The molecular formula is C27H46O2.